The molecule has 2 aliphatic rings. The second-order valence-electron chi connectivity index (χ2n) is 7.22. The summed E-state index contributed by atoms with van der Waals surface area (Å²) in [6.07, 6.45) is 5.82. The number of carbonyl (C=O) groups excluding carboxylic acids is 1. The lowest BCUT2D eigenvalue weighted by atomic mass is 9.91. The first-order valence-electron chi connectivity index (χ1n) is 8.73. The van der Waals surface area contributed by atoms with E-state index in [4.69, 9.17) is 5.26 Å². The van der Waals surface area contributed by atoms with Crippen molar-refractivity contribution >= 4 is 11.7 Å². The summed E-state index contributed by atoms with van der Waals surface area (Å²) in [5.41, 5.74) is 3.94. The van der Waals surface area contributed by atoms with Crippen molar-refractivity contribution in [1.82, 2.24) is 9.80 Å². The molecule has 0 saturated carbocycles. The third-order valence-corrected chi connectivity index (χ3v) is 5.57. The maximum atomic E-state index is 13.0. The van der Waals surface area contributed by atoms with Gasteiger partial charge in [-0.15, -0.1) is 0 Å². The van der Waals surface area contributed by atoms with Gasteiger partial charge in [0.1, 0.15) is 12.2 Å². The largest absolute Gasteiger partial charge is 0.422 e. The quantitative estimate of drug-likeness (QED) is 0.671. The zero-order chi connectivity index (χ0) is 16.4. The molecule has 0 bridgehead atoms. The highest BCUT2D eigenvalue weighted by molar-refractivity contribution is 5.88. The van der Waals surface area contributed by atoms with E-state index in [0.717, 1.165) is 31.5 Å². The molecular weight excluding hydrogens is 286 g/mol. The molecule has 3 atom stereocenters. The number of hydrogen-bond donors (Lipinski definition) is 1. The van der Waals surface area contributed by atoms with E-state index in [9.17, 15) is 4.79 Å². The summed E-state index contributed by atoms with van der Waals surface area (Å²) in [6, 6.07) is 8.86. The molecule has 23 heavy (non-hydrogen) atoms. The summed E-state index contributed by atoms with van der Waals surface area (Å²) in [5, 5.41) is 11.6. The van der Waals surface area contributed by atoms with E-state index in [1.54, 1.807) is 0 Å². The van der Waals surface area contributed by atoms with Crippen LogP contribution in [0.2, 0.25) is 0 Å². The summed E-state index contributed by atoms with van der Waals surface area (Å²) < 4.78 is 0.343. The lowest BCUT2D eigenvalue weighted by Gasteiger charge is -2.35. The van der Waals surface area contributed by atoms with Crippen LogP contribution in [0.1, 0.15) is 44.2 Å². The number of likely N-dealkylation sites (tertiary alicyclic amines) is 1. The average molecular weight is 312 g/mol. The first kappa shape index (κ1) is 16.0. The number of nitrogens with one attached hydrogen (secondary N) is 1. The highest BCUT2D eigenvalue weighted by atomic mass is 16.2. The van der Waals surface area contributed by atoms with E-state index >= 15 is 0 Å². The third-order valence-electron chi connectivity index (χ3n) is 5.57. The van der Waals surface area contributed by atoms with Gasteiger partial charge >= 0.3 is 6.03 Å². The van der Waals surface area contributed by atoms with Gasteiger partial charge in [-0.1, -0.05) is 13.0 Å². The number of amides is 2. The SMILES string of the molecule is CC1C[C@H](C)C[N+]1(C(=O)NCC#N)c1ccc2c(c1)CCCC2. The topological polar surface area (TPSA) is 52.9 Å². The molecule has 122 valence electrons. The maximum absolute atomic E-state index is 13.0. The molecule has 0 radical (unpaired) electrons. The monoisotopic (exact) mass is 312 g/mol. The number of rotatable bonds is 2. The molecule has 2 unspecified atom stereocenters. The number of quaternary nitrogens is 1. The molecular formula is C19H26N3O+. The highest BCUT2D eigenvalue weighted by Crippen LogP contribution is 2.39. The zero-order valence-electron chi connectivity index (χ0n) is 14.1. The third kappa shape index (κ3) is 2.74. The second kappa shape index (κ2) is 6.33. The molecule has 2 amide bonds. The summed E-state index contributed by atoms with van der Waals surface area (Å²) in [6.45, 7) is 5.27. The van der Waals surface area contributed by atoms with E-state index in [0.29, 0.717) is 10.4 Å². The number of urea groups is 1. The van der Waals surface area contributed by atoms with Crippen LogP contribution >= 0.6 is 0 Å². The highest BCUT2D eigenvalue weighted by Gasteiger charge is 2.50. The van der Waals surface area contributed by atoms with Crippen molar-refractivity contribution in [3.8, 4) is 6.07 Å². The number of carbonyl (C=O) groups is 1. The van der Waals surface area contributed by atoms with Crippen molar-refractivity contribution < 1.29 is 4.79 Å². The van der Waals surface area contributed by atoms with Crippen LogP contribution in [-0.2, 0) is 12.8 Å². The van der Waals surface area contributed by atoms with E-state index in [1.165, 1.54) is 24.0 Å². The number of hydrogen-bond acceptors (Lipinski definition) is 2. The molecule has 1 N–H and O–H groups in total. The summed E-state index contributed by atoms with van der Waals surface area (Å²) in [5.74, 6) is 0.508. The lowest BCUT2D eigenvalue weighted by Crippen LogP contribution is -2.61. The number of nitriles is 1. The van der Waals surface area contributed by atoms with E-state index < -0.39 is 0 Å². The predicted octanol–water partition coefficient (Wildman–Crippen LogP) is 3.53. The van der Waals surface area contributed by atoms with Gasteiger partial charge in [-0.25, -0.2) is 9.28 Å². The number of aryl methyl sites for hydroxylation is 2. The Morgan fingerprint density at radius 3 is 2.70 bits per heavy atom. The molecule has 1 aromatic rings. The fourth-order valence-corrected chi connectivity index (χ4v) is 4.49. The smallest absolute Gasteiger partial charge is 0.292 e. The minimum absolute atomic E-state index is 0.0286. The first-order valence-corrected chi connectivity index (χ1v) is 8.73. The summed E-state index contributed by atoms with van der Waals surface area (Å²) in [4.78, 5) is 13.0. The molecule has 0 spiro atoms. The molecule has 1 aliphatic carbocycles. The van der Waals surface area contributed by atoms with Crippen LogP contribution in [0.15, 0.2) is 18.2 Å². The van der Waals surface area contributed by atoms with Gasteiger partial charge < -0.3 is 0 Å². The molecule has 1 heterocycles. The zero-order valence-corrected chi connectivity index (χ0v) is 14.1. The van der Waals surface area contributed by atoms with Crippen molar-refractivity contribution in [1.29, 1.82) is 5.26 Å². The van der Waals surface area contributed by atoms with Crippen LogP contribution in [0.3, 0.4) is 0 Å². The van der Waals surface area contributed by atoms with E-state index in [-0.39, 0.29) is 18.6 Å². The van der Waals surface area contributed by atoms with Gasteiger partial charge in [0.05, 0.1) is 18.7 Å². The van der Waals surface area contributed by atoms with Gasteiger partial charge in [0.2, 0.25) is 0 Å². The molecule has 1 aromatic carbocycles. The fraction of sp³-hybridized carbons (Fsp3) is 0.579. The Bertz CT molecular complexity index is 649. The minimum atomic E-state index is -0.0286. The molecule has 4 heteroatoms. The predicted molar refractivity (Wildman–Crippen MR) is 92.0 cm³/mol. The Kier molecular flexibility index (Phi) is 4.41. The van der Waals surface area contributed by atoms with Crippen LogP contribution in [0.25, 0.3) is 0 Å². The minimum Gasteiger partial charge on any atom is -0.292 e. The molecule has 3 rings (SSSR count). The summed E-state index contributed by atoms with van der Waals surface area (Å²) in [7, 11) is 0. The molecule has 1 fully saturated rings. The van der Waals surface area contributed by atoms with E-state index in [1.807, 2.05) is 6.07 Å². The van der Waals surface area contributed by atoms with Gasteiger partial charge in [0, 0.05) is 18.4 Å². The van der Waals surface area contributed by atoms with Gasteiger partial charge in [0.25, 0.3) is 0 Å². The van der Waals surface area contributed by atoms with Gasteiger partial charge in [-0.3, -0.25) is 5.32 Å². The Labute approximate surface area is 138 Å². The number of fused-ring (bicyclic) bond motifs is 1. The number of benzene rings is 1. The number of nitrogens with zero attached hydrogens (tertiary/aromatic N) is 2. The van der Waals surface area contributed by atoms with Crippen LogP contribution in [-0.4, -0.2) is 25.2 Å². The van der Waals surface area contributed by atoms with Gasteiger partial charge in [-0.2, -0.15) is 5.26 Å². The maximum Gasteiger partial charge on any atom is 0.422 e. The van der Waals surface area contributed by atoms with Crippen molar-refractivity contribution in [2.75, 3.05) is 13.1 Å². The van der Waals surface area contributed by atoms with Crippen LogP contribution in [0.4, 0.5) is 10.5 Å². The lowest BCUT2D eigenvalue weighted by molar-refractivity contribution is 0.196. The van der Waals surface area contributed by atoms with Gasteiger partial charge in [-0.05, 0) is 49.8 Å². The van der Waals surface area contributed by atoms with Crippen molar-refractivity contribution in [3.05, 3.63) is 29.3 Å². The fourth-order valence-electron chi connectivity index (χ4n) is 4.49. The second-order valence-corrected chi connectivity index (χ2v) is 7.22. The molecule has 0 aromatic heterocycles. The summed E-state index contributed by atoms with van der Waals surface area (Å²) >= 11 is 0. The average Bonchev–Trinajstić information content (AvgIpc) is 2.87. The van der Waals surface area contributed by atoms with Gasteiger partial charge in [0.15, 0.2) is 0 Å². The van der Waals surface area contributed by atoms with Crippen LogP contribution in [0.5, 0.6) is 0 Å². The van der Waals surface area contributed by atoms with Crippen LogP contribution < -0.4 is 9.80 Å². The van der Waals surface area contributed by atoms with Crippen molar-refractivity contribution in [3.63, 3.8) is 0 Å². The molecule has 1 saturated heterocycles. The first-order chi connectivity index (χ1) is 11.1. The molecule has 1 aliphatic heterocycles. The van der Waals surface area contributed by atoms with E-state index in [2.05, 4.69) is 37.4 Å². The Morgan fingerprint density at radius 2 is 2.04 bits per heavy atom. The Hall–Kier alpha value is -1.86. The normalized spacial score (nSPS) is 29.6. The standard InChI is InChI=1S/C19H25N3O/c1-14-11-15(2)22(13-14,19(23)21-10-9-20)18-8-7-16-5-3-4-6-17(16)12-18/h7-8,12,14-15H,3-6,10-11,13H2,1-2H3/p+1/t14-,15?,22?/m0/s1. The van der Waals surface area contributed by atoms with Crippen molar-refractivity contribution in [2.45, 2.75) is 52.0 Å². The van der Waals surface area contributed by atoms with Crippen LogP contribution in [0, 0.1) is 17.2 Å². The Morgan fingerprint density at radius 1 is 1.30 bits per heavy atom. The van der Waals surface area contributed by atoms with Crippen molar-refractivity contribution in [2.24, 2.45) is 5.92 Å². The molecule has 4 nitrogen and oxygen atoms in total. The Balaban J connectivity index is 2.02.